The number of halogens is 2. The maximum absolute atomic E-state index is 10.9. The van der Waals surface area contributed by atoms with E-state index in [4.69, 9.17) is 16.3 Å². The molecule has 0 aliphatic carbocycles. The summed E-state index contributed by atoms with van der Waals surface area (Å²) in [5.41, 5.74) is 3.28. The van der Waals surface area contributed by atoms with Gasteiger partial charge in [0, 0.05) is 21.2 Å². The summed E-state index contributed by atoms with van der Waals surface area (Å²) in [4.78, 5) is 10.9. The van der Waals surface area contributed by atoms with Crippen molar-refractivity contribution in [3.8, 4) is 0 Å². The Balaban J connectivity index is 2.16. The Bertz CT molecular complexity index is 747. The van der Waals surface area contributed by atoms with Crippen LogP contribution in [0.2, 0.25) is 5.02 Å². The summed E-state index contributed by atoms with van der Waals surface area (Å²) in [7, 11) is 0. The lowest BCUT2D eigenvalue weighted by Gasteiger charge is -2.20. The van der Waals surface area contributed by atoms with Gasteiger partial charge < -0.3 is 10.1 Å². The van der Waals surface area contributed by atoms with Crippen molar-refractivity contribution >= 4 is 45.8 Å². The highest BCUT2D eigenvalue weighted by atomic mass is 127. The number of hydrogen-bond donors (Lipinski definition) is 1. The van der Waals surface area contributed by atoms with Crippen molar-refractivity contribution in [1.82, 2.24) is 0 Å². The molecule has 5 heteroatoms. The van der Waals surface area contributed by atoms with Crippen molar-refractivity contribution in [2.45, 2.75) is 26.3 Å². The number of esters is 1. The molecular formula is C20H21ClINO2. The number of carbonyl (C=O) groups is 1. The lowest BCUT2D eigenvalue weighted by molar-refractivity contribution is -0.139. The molecule has 0 aromatic heterocycles. The maximum Gasteiger partial charge on any atom is 0.302 e. The first-order chi connectivity index (χ1) is 12.0. The Kier molecular flexibility index (Phi) is 7.78. The largest absolute Gasteiger partial charge is 0.461 e. The minimum absolute atomic E-state index is 0.114. The first-order valence-corrected chi connectivity index (χ1v) is 9.47. The monoisotopic (exact) mass is 469 g/mol. The van der Waals surface area contributed by atoms with E-state index in [2.05, 4.69) is 46.1 Å². The number of anilines is 1. The van der Waals surface area contributed by atoms with E-state index in [9.17, 15) is 4.79 Å². The molecular weight excluding hydrogens is 449 g/mol. The summed E-state index contributed by atoms with van der Waals surface area (Å²) in [6.45, 7) is 3.72. The molecule has 1 N–H and O–H groups in total. The molecule has 0 radical (unpaired) electrons. The first kappa shape index (κ1) is 19.8. The van der Waals surface area contributed by atoms with Crippen LogP contribution >= 0.6 is 34.2 Å². The van der Waals surface area contributed by atoms with E-state index < -0.39 is 0 Å². The highest BCUT2D eigenvalue weighted by Crippen LogP contribution is 2.28. The molecule has 2 aromatic carbocycles. The average Bonchev–Trinajstić information content (AvgIpc) is 2.59. The SMILES string of the molecule is CC(=O)OC/C(C)=C/CC(Nc1ccc(Cl)cc1I)c1ccccc1. The Hall–Kier alpha value is -1.53. The normalized spacial score (nSPS) is 12.6. The van der Waals surface area contributed by atoms with Gasteiger partial charge in [-0.25, -0.2) is 0 Å². The van der Waals surface area contributed by atoms with Crippen molar-refractivity contribution in [1.29, 1.82) is 0 Å². The van der Waals surface area contributed by atoms with Crippen LogP contribution in [0.1, 0.15) is 31.9 Å². The zero-order valence-corrected chi connectivity index (χ0v) is 17.2. The summed E-state index contributed by atoms with van der Waals surface area (Å²) in [6.07, 6.45) is 2.90. The molecule has 132 valence electrons. The van der Waals surface area contributed by atoms with Crippen molar-refractivity contribution < 1.29 is 9.53 Å². The smallest absolute Gasteiger partial charge is 0.302 e. The molecule has 0 heterocycles. The quantitative estimate of drug-likeness (QED) is 0.307. The Morgan fingerprint density at radius 1 is 1.24 bits per heavy atom. The molecule has 0 aliphatic heterocycles. The Labute approximate surface area is 167 Å². The first-order valence-electron chi connectivity index (χ1n) is 8.01. The molecule has 1 atom stereocenters. The van der Waals surface area contributed by atoms with Gasteiger partial charge in [-0.2, -0.15) is 0 Å². The van der Waals surface area contributed by atoms with Crippen LogP contribution in [-0.4, -0.2) is 12.6 Å². The number of rotatable bonds is 7. The van der Waals surface area contributed by atoms with Crippen LogP contribution in [0, 0.1) is 3.57 Å². The molecule has 0 bridgehead atoms. The van der Waals surface area contributed by atoms with Crippen LogP contribution < -0.4 is 5.32 Å². The maximum atomic E-state index is 10.9. The van der Waals surface area contributed by atoms with Gasteiger partial charge in [-0.05, 0) is 65.3 Å². The van der Waals surface area contributed by atoms with Crippen LogP contribution in [0.25, 0.3) is 0 Å². The Morgan fingerprint density at radius 2 is 1.96 bits per heavy atom. The van der Waals surface area contributed by atoms with Crippen LogP contribution in [0.5, 0.6) is 0 Å². The van der Waals surface area contributed by atoms with Gasteiger partial charge in [0.25, 0.3) is 0 Å². The van der Waals surface area contributed by atoms with Gasteiger partial charge in [0.15, 0.2) is 0 Å². The summed E-state index contributed by atoms with van der Waals surface area (Å²) in [6, 6.07) is 16.2. The van der Waals surface area contributed by atoms with E-state index >= 15 is 0 Å². The summed E-state index contributed by atoms with van der Waals surface area (Å²) < 4.78 is 6.12. The predicted molar refractivity (Wildman–Crippen MR) is 112 cm³/mol. The number of ether oxygens (including phenoxy) is 1. The lowest BCUT2D eigenvalue weighted by atomic mass is 10.0. The fourth-order valence-corrected chi connectivity index (χ4v) is 3.38. The molecule has 25 heavy (non-hydrogen) atoms. The summed E-state index contributed by atoms with van der Waals surface area (Å²) in [5, 5.41) is 4.32. The molecule has 0 saturated heterocycles. The standard InChI is InChI=1S/C20H21ClINO2/c1-14(13-25-15(2)24)8-10-19(16-6-4-3-5-7-16)23-20-11-9-17(21)12-18(20)22/h3-9,11-12,19,23H,10,13H2,1-2H3/b14-8+. The number of benzene rings is 2. The van der Waals surface area contributed by atoms with Gasteiger partial charge in [0.2, 0.25) is 0 Å². The van der Waals surface area contributed by atoms with E-state index in [0.717, 1.165) is 26.3 Å². The second-order valence-corrected chi connectivity index (χ2v) is 7.40. The van der Waals surface area contributed by atoms with Gasteiger partial charge in [-0.3, -0.25) is 4.79 Å². The molecule has 0 aliphatic rings. The van der Waals surface area contributed by atoms with Gasteiger partial charge >= 0.3 is 5.97 Å². The Morgan fingerprint density at radius 3 is 2.60 bits per heavy atom. The minimum Gasteiger partial charge on any atom is -0.461 e. The molecule has 0 amide bonds. The predicted octanol–water partition coefficient (Wildman–Crippen LogP) is 6.00. The second kappa shape index (κ2) is 9.82. The highest BCUT2D eigenvalue weighted by Gasteiger charge is 2.12. The van der Waals surface area contributed by atoms with Crippen LogP contribution in [0.4, 0.5) is 5.69 Å². The van der Waals surface area contributed by atoms with Crippen LogP contribution in [-0.2, 0) is 9.53 Å². The number of nitrogens with one attached hydrogen (secondary N) is 1. The molecule has 2 rings (SSSR count). The van der Waals surface area contributed by atoms with Crippen molar-refractivity contribution in [3.63, 3.8) is 0 Å². The van der Waals surface area contributed by atoms with Crippen molar-refractivity contribution in [2.75, 3.05) is 11.9 Å². The third-order valence-electron chi connectivity index (χ3n) is 3.67. The van der Waals surface area contributed by atoms with Gasteiger partial charge in [0.05, 0.1) is 6.04 Å². The fourth-order valence-electron chi connectivity index (χ4n) is 2.35. The zero-order chi connectivity index (χ0) is 18.2. The van der Waals surface area contributed by atoms with Crippen molar-refractivity contribution in [3.05, 3.63) is 74.3 Å². The third kappa shape index (κ3) is 6.71. The summed E-state index contributed by atoms with van der Waals surface area (Å²) in [5.74, 6) is -0.263. The zero-order valence-electron chi connectivity index (χ0n) is 14.3. The van der Waals surface area contributed by atoms with Crippen LogP contribution in [0.15, 0.2) is 60.2 Å². The molecule has 0 saturated carbocycles. The second-order valence-electron chi connectivity index (χ2n) is 5.80. The van der Waals surface area contributed by atoms with E-state index in [0.29, 0.717) is 6.61 Å². The molecule has 3 nitrogen and oxygen atoms in total. The lowest BCUT2D eigenvalue weighted by Crippen LogP contribution is -2.11. The number of hydrogen-bond acceptors (Lipinski definition) is 3. The minimum atomic E-state index is -0.263. The number of carbonyl (C=O) groups excluding carboxylic acids is 1. The molecule has 0 spiro atoms. The van der Waals surface area contributed by atoms with E-state index in [1.54, 1.807) is 0 Å². The van der Waals surface area contributed by atoms with Crippen LogP contribution in [0.3, 0.4) is 0 Å². The highest BCUT2D eigenvalue weighted by molar-refractivity contribution is 14.1. The van der Waals surface area contributed by atoms with E-state index in [-0.39, 0.29) is 12.0 Å². The van der Waals surface area contributed by atoms with E-state index in [1.807, 2.05) is 43.3 Å². The van der Waals surface area contributed by atoms with Crippen molar-refractivity contribution in [2.24, 2.45) is 0 Å². The topological polar surface area (TPSA) is 38.3 Å². The fraction of sp³-hybridized carbons (Fsp3) is 0.250. The molecule has 2 aromatic rings. The average molecular weight is 470 g/mol. The summed E-state index contributed by atoms with van der Waals surface area (Å²) >= 11 is 8.33. The van der Waals surface area contributed by atoms with Gasteiger partial charge in [-0.1, -0.05) is 48.0 Å². The third-order valence-corrected chi connectivity index (χ3v) is 4.80. The molecule has 0 fully saturated rings. The molecule has 1 unspecified atom stereocenters. The van der Waals surface area contributed by atoms with E-state index in [1.165, 1.54) is 12.5 Å². The van der Waals surface area contributed by atoms with Gasteiger partial charge in [-0.15, -0.1) is 0 Å². The van der Waals surface area contributed by atoms with Gasteiger partial charge in [0.1, 0.15) is 6.61 Å².